The molecule has 3 saturated heterocycles. The van der Waals surface area contributed by atoms with Crippen molar-refractivity contribution in [3.8, 4) is 0 Å². The summed E-state index contributed by atoms with van der Waals surface area (Å²) in [7, 11) is 0. The Morgan fingerprint density at radius 3 is 3.00 bits per heavy atom. The van der Waals surface area contributed by atoms with E-state index in [2.05, 4.69) is 0 Å². The van der Waals surface area contributed by atoms with Gasteiger partial charge in [0.15, 0.2) is 6.29 Å². The number of aliphatic hydroxyl groups excluding tert-OH is 1. The second kappa shape index (κ2) is 1.53. The van der Waals surface area contributed by atoms with Gasteiger partial charge in [0.05, 0.1) is 6.61 Å². The maximum Gasteiger partial charge on any atom is 0.186 e. The van der Waals surface area contributed by atoms with Gasteiger partial charge in [0.1, 0.15) is 24.4 Å². The van der Waals surface area contributed by atoms with E-state index in [4.69, 9.17) is 14.2 Å². The van der Waals surface area contributed by atoms with Crippen molar-refractivity contribution >= 4 is 0 Å². The second-order valence-electron chi connectivity index (χ2n) is 2.93. The van der Waals surface area contributed by atoms with Crippen LogP contribution in [0.15, 0.2) is 0 Å². The normalized spacial score (nSPS) is 63.9. The van der Waals surface area contributed by atoms with Gasteiger partial charge in [0.2, 0.25) is 0 Å². The summed E-state index contributed by atoms with van der Waals surface area (Å²) in [5, 5.41) is 9.33. The Balaban J connectivity index is 1.91. The van der Waals surface area contributed by atoms with Crippen LogP contribution in [-0.4, -0.2) is 42.4 Å². The largest absolute Gasteiger partial charge is 0.385 e. The molecule has 10 heavy (non-hydrogen) atoms. The predicted octanol–water partition coefficient (Wildman–Crippen LogP) is -1.13. The van der Waals surface area contributed by atoms with Crippen LogP contribution >= 0.6 is 0 Å². The quantitative estimate of drug-likeness (QED) is 0.437. The highest BCUT2D eigenvalue weighted by Crippen LogP contribution is 2.41. The van der Waals surface area contributed by atoms with Crippen LogP contribution in [0.3, 0.4) is 0 Å². The van der Waals surface area contributed by atoms with Crippen molar-refractivity contribution in [2.75, 3.05) is 6.61 Å². The predicted molar refractivity (Wildman–Crippen MR) is 29.3 cm³/mol. The van der Waals surface area contributed by atoms with Crippen molar-refractivity contribution in [3.05, 3.63) is 0 Å². The lowest BCUT2D eigenvalue weighted by atomic mass is 10.1. The molecule has 0 aromatic heterocycles. The van der Waals surface area contributed by atoms with Crippen molar-refractivity contribution in [1.29, 1.82) is 0 Å². The summed E-state index contributed by atoms with van der Waals surface area (Å²) in [5.74, 6) is 0. The highest BCUT2D eigenvalue weighted by Gasteiger charge is 2.60. The number of epoxide rings is 1. The van der Waals surface area contributed by atoms with Crippen molar-refractivity contribution < 1.29 is 19.3 Å². The zero-order chi connectivity index (χ0) is 6.72. The van der Waals surface area contributed by atoms with Gasteiger partial charge in [-0.2, -0.15) is 0 Å². The Kier molecular flexibility index (Phi) is 0.840. The smallest absolute Gasteiger partial charge is 0.186 e. The molecule has 0 spiro atoms. The molecule has 3 aliphatic heterocycles. The fourth-order valence-corrected chi connectivity index (χ4v) is 1.66. The third-order valence-electron chi connectivity index (χ3n) is 2.28. The fourth-order valence-electron chi connectivity index (χ4n) is 1.66. The molecule has 0 aromatic carbocycles. The molecule has 0 radical (unpaired) electrons. The van der Waals surface area contributed by atoms with Crippen LogP contribution in [-0.2, 0) is 14.2 Å². The Hall–Kier alpha value is -0.160. The summed E-state index contributed by atoms with van der Waals surface area (Å²) < 4.78 is 15.6. The number of aliphatic hydroxyl groups is 1. The van der Waals surface area contributed by atoms with Crippen LogP contribution in [0.5, 0.6) is 0 Å². The molecule has 1 N–H and O–H groups in total. The van der Waals surface area contributed by atoms with E-state index < -0.39 is 12.4 Å². The van der Waals surface area contributed by atoms with Crippen LogP contribution < -0.4 is 0 Å². The number of rotatable bonds is 0. The van der Waals surface area contributed by atoms with Crippen LogP contribution in [0.4, 0.5) is 0 Å². The van der Waals surface area contributed by atoms with Crippen LogP contribution in [0.1, 0.15) is 0 Å². The first kappa shape index (κ1) is 5.49. The van der Waals surface area contributed by atoms with Crippen molar-refractivity contribution in [1.82, 2.24) is 0 Å². The molecule has 4 nitrogen and oxygen atoms in total. The van der Waals surface area contributed by atoms with Crippen molar-refractivity contribution in [3.63, 3.8) is 0 Å². The number of hydrogen-bond donors (Lipinski definition) is 1. The van der Waals surface area contributed by atoms with Gasteiger partial charge in [0.25, 0.3) is 0 Å². The van der Waals surface area contributed by atoms with Gasteiger partial charge >= 0.3 is 0 Å². The SMILES string of the molecule is O[C@@H]1[C@@H]2OC[C@@H](O2)[C@H]2O[C@@H]12. The molecular formula is C6H8O4. The van der Waals surface area contributed by atoms with E-state index in [1.807, 2.05) is 0 Å². The molecule has 3 fully saturated rings. The first-order valence-electron chi connectivity index (χ1n) is 3.47. The minimum atomic E-state index is -0.566. The lowest BCUT2D eigenvalue weighted by Gasteiger charge is -2.18. The monoisotopic (exact) mass is 144 g/mol. The third kappa shape index (κ3) is 0.509. The molecule has 56 valence electrons. The van der Waals surface area contributed by atoms with E-state index >= 15 is 0 Å². The lowest BCUT2D eigenvalue weighted by Crippen LogP contribution is -2.39. The molecule has 0 aliphatic carbocycles. The van der Waals surface area contributed by atoms with Gasteiger partial charge < -0.3 is 19.3 Å². The number of hydrogen-bond acceptors (Lipinski definition) is 4. The van der Waals surface area contributed by atoms with Gasteiger partial charge in [0, 0.05) is 0 Å². The summed E-state index contributed by atoms with van der Waals surface area (Å²) in [6.07, 6.45) is -0.809. The Labute approximate surface area is 57.7 Å². The molecule has 0 amide bonds. The molecule has 0 aromatic rings. The summed E-state index contributed by atoms with van der Waals surface area (Å²) in [6.45, 7) is 0.572. The summed E-state index contributed by atoms with van der Waals surface area (Å²) in [4.78, 5) is 0. The highest BCUT2D eigenvalue weighted by molar-refractivity contribution is 5.03. The summed E-state index contributed by atoms with van der Waals surface area (Å²) in [6, 6.07) is 0. The topological polar surface area (TPSA) is 51.2 Å². The zero-order valence-electron chi connectivity index (χ0n) is 5.27. The van der Waals surface area contributed by atoms with Crippen LogP contribution in [0, 0.1) is 0 Å². The Morgan fingerprint density at radius 1 is 1.20 bits per heavy atom. The molecule has 2 bridgehead atoms. The van der Waals surface area contributed by atoms with E-state index in [-0.39, 0.29) is 18.3 Å². The van der Waals surface area contributed by atoms with E-state index in [9.17, 15) is 5.11 Å². The van der Waals surface area contributed by atoms with Gasteiger partial charge in [-0.05, 0) is 0 Å². The molecule has 3 rings (SSSR count). The number of ether oxygens (including phenoxy) is 3. The fraction of sp³-hybridized carbons (Fsp3) is 1.00. The minimum Gasteiger partial charge on any atom is -0.385 e. The molecular weight excluding hydrogens is 136 g/mol. The first-order chi connectivity index (χ1) is 4.86. The second-order valence-corrected chi connectivity index (χ2v) is 2.93. The Morgan fingerprint density at radius 2 is 2.10 bits per heavy atom. The average Bonchev–Trinajstić information content (AvgIpc) is 2.61. The zero-order valence-corrected chi connectivity index (χ0v) is 5.27. The molecule has 3 aliphatic rings. The highest BCUT2D eigenvalue weighted by atomic mass is 16.8. The van der Waals surface area contributed by atoms with Gasteiger partial charge in [-0.15, -0.1) is 0 Å². The van der Waals surface area contributed by atoms with E-state index in [0.29, 0.717) is 6.61 Å². The van der Waals surface area contributed by atoms with E-state index in [0.717, 1.165) is 0 Å². The average molecular weight is 144 g/mol. The maximum atomic E-state index is 9.33. The third-order valence-corrected chi connectivity index (χ3v) is 2.28. The number of fused-ring (bicyclic) bond motifs is 4. The van der Waals surface area contributed by atoms with Gasteiger partial charge in [-0.25, -0.2) is 0 Å². The van der Waals surface area contributed by atoms with Crippen molar-refractivity contribution in [2.24, 2.45) is 0 Å². The van der Waals surface area contributed by atoms with E-state index in [1.54, 1.807) is 0 Å². The first-order valence-corrected chi connectivity index (χ1v) is 3.47. The summed E-state index contributed by atoms with van der Waals surface area (Å²) in [5.41, 5.74) is 0. The van der Waals surface area contributed by atoms with Crippen LogP contribution in [0.2, 0.25) is 0 Å². The lowest BCUT2D eigenvalue weighted by molar-refractivity contribution is -0.143. The molecule has 4 heteroatoms. The molecule has 5 atom stereocenters. The molecule has 3 heterocycles. The molecule has 0 unspecified atom stereocenters. The Bertz CT molecular complexity index is 169. The van der Waals surface area contributed by atoms with Gasteiger partial charge in [-0.3, -0.25) is 0 Å². The van der Waals surface area contributed by atoms with E-state index in [1.165, 1.54) is 0 Å². The van der Waals surface area contributed by atoms with Crippen LogP contribution in [0.25, 0.3) is 0 Å². The minimum absolute atomic E-state index is 0.00810. The maximum absolute atomic E-state index is 9.33. The standard InChI is InChI=1S/C6H8O4/c7-3-5-4(10-5)2-1-8-6(3)9-2/h2-7H,1H2/t2-,3+,4-,5+,6-/m1/s1. The molecule has 0 saturated carbocycles. The van der Waals surface area contributed by atoms with Gasteiger partial charge in [-0.1, -0.05) is 0 Å². The van der Waals surface area contributed by atoms with Crippen molar-refractivity contribution in [2.45, 2.75) is 30.7 Å². The summed E-state index contributed by atoms with van der Waals surface area (Å²) >= 11 is 0.